The highest BCUT2D eigenvalue weighted by Crippen LogP contribution is 2.26. The van der Waals surface area contributed by atoms with Crippen molar-refractivity contribution < 1.29 is 9.90 Å². The molecule has 0 heterocycles. The summed E-state index contributed by atoms with van der Waals surface area (Å²) in [7, 11) is 0. The van der Waals surface area contributed by atoms with Crippen molar-refractivity contribution in [2.75, 3.05) is 6.54 Å². The maximum absolute atomic E-state index is 11.1. The Hall–Kier alpha value is -1.39. The van der Waals surface area contributed by atoms with Crippen molar-refractivity contribution in [1.82, 2.24) is 5.32 Å². The molecule has 0 bridgehead atoms. The minimum atomic E-state index is -0.572. The molecule has 0 atom stereocenters. The van der Waals surface area contributed by atoms with E-state index in [4.69, 9.17) is 5.73 Å². The van der Waals surface area contributed by atoms with E-state index in [0.717, 1.165) is 31.2 Å². The van der Waals surface area contributed by atoms with Crippen LogP contribution in [0.15, 0.2) is 24.3 Å². The molecule has 0 aliphatic heterocycles. The zero-order valence-electron chi connectivity index (χ0n) is 11.9. The molecule has 1 aromatic rings. The molecule has 0 aromatic heterocycles. The fourth-order valence-corrected chi connectivity index (χ4v) is 2.84. The fourth-order valence-electron chi connectivity index (χ4n) is 2.84. The molecule has 4 N–H and O–H groups in total. The molecule has 0 spiro atoms. The van der Waals surface area contributed by atoms with Gasteiger partial charge < -0.3 is 16.2 Å². The molecular formula is C16H24N2O2. The zero-order chi connectivity index (χ0) is 14.4. The van der Waals surface area contributed by atoms with E-state index in [1.165, 1.54) is 12.8 Å². The van der Waals surface area contributed by atoms with Gasteiger partial charge in [-0.3, -0.25) is 4.79 Å². The summed E-state index contributed by atoms with van der Waals surface area (Å²) >= 11 is 0. The summed E-state index contributed by atoms with van der Waals surface area (Å²) in [5.41, 5.74) is 6.23. The number of aliphatic hydroxyl groups is 1. The van der Waals surface area contributed by atoms with Crippen molar-refractivity contribution in [3.8, 4) is 0 Å². The van der Waals surface area contributed by atoms with Gasteiger partial charge in [-0.1, -0.05) is 37.8 Å². The smallest absolute Gasteiger partial charge is 0.248 e. The van der Waals surface area contributed by atoms with Gasteiger partial charge in [0.2, 0.25) is 5.91 Å². The highest BCUT2D eigenvalue weighted by molar-refractivity contribution is 5.92. The van der Waals surface area contributed by atoms with Crippen LogP contribution in [0.4, 0.5) is 0 Å². The van der Waals surface area contributed by atoms with Crippen LogP contribution in [0.3, 0.4) is 0 Å². The third-order valence-electron chi connectivity index (χ3n) is 4.03. The van der Waals surface area contributed by atoms with E-state index in [2.05, 4.69) is 5.32 Å². The summed E-state index contributed by atoms with van der Waals surface area (Å²) in [6.45, 7) is 1.25. The first-order valence-electron chi connectivity index (χ1n) is 7.41. The number of hydrogen-bond acceptors (Lipinski definition) is 3. The number of carbonyl (C=O) groups is 1. The van der Waals surface area contributed by atoms with Crippen molar-refractivity contribution in [3.63, 3.8) is 0 Å². The number of primary amides is 1. The number of rotatable bonds is 5. The molecule has 1 aliphatic carbocycles. The summed E-state index contributed by atoms with van der Waals surface area (Å²) < 4.78 is 0. The zero-order valence-corrected chi connectivity index (χ0v) is 11.9. The number of nitrogens with two attached hydrogens (primary N) is 1. The Kier molecular flexibility index (Phi) is 5.15. The van der Waals surface area contributed by atoms with Crippen molar-refractivity contribution in [1.29, 1.82) is 0 Å². The van der Waals surface area contributed by atoms with Crippen LogP contribution in [-0.2, 0) is 6.54 Å². The molecule has 1 aliphatic rings. The summed E-state index contributed by atoms with van der Waals surface area (Å²) in [6, 6.07) is 7.30. The first kappa shape index (κ1) is 15.0. The van der Waals surface area contributed by atoms with Gasteiger partial charge >= 0.3 is 0 Å². The molecule has 2 rings (SSSR count). The van der Waals surface area contributed by atoms with Crippen molar-refractivity contribution >= 4 is 5.91 Å². The normalized spacial score (nSPS) is 18.4. The second-order valence-electron chi connectivity index (χ2n) is 5.81. The van der Waals surface area contributed by atoms with E-state index in [1.54, 1.807) is 12.1 Å². The minimum Gasteiger partial charge on any atom is -0.389 e. The van der Waals surface area contributed by atoms with E-state index < -0.39 is 11.5 Å². The quantitative estimate of drug-likeness (QED) is 0.720. The summed E-state index contributed by atoms with van der Waals surface area (Å²) in [5.74, 6) is -0.408. The van der Waals surface area contributed by atoms with Crippen LogP contribution >= 0.6 is 0 Å². The lowest BCUT2D eigenvalue weighted by atomic mass is 9.94. The molecule has 1 saturated carbocycles. The van der Waals surface area contributed by atoms with E-state index in [1.807, 2.05) is 12.1 Å². The molecule has 1 amide bonds. The number of hydrogen-bond donors (Lipinski definition) is 3. The van der Waals surface area contributed by atoms with Crippen LogP contribution in [-0.4, -0.2) is 23.2 Å². The molecule has 4 heteroatoms. The van der Waals surface area contributed by atoms with Crippen molar-refractivity contribution in [2.24, 2.45) is 5.73 Å². The van der Waals surface area contributed by atoms with Gasteiger partial charge in [-0.05, 0) is 30.5 Å². The lowest BCUT2D eigenvalue weighted by molar-refractivity contribution is 0.0250. The standard InChI is InChI=1S/C16H24N2O2/c17-15(19)14-7-5-6-13(10-14)11-18-12-16(20)8-3-1-2-4-9-16/h5-7,10,18,20H,1-4,8-9,11-12H2,(H2,17,19). The first-order chi connectivity index (χ1) is 9.59. The maximum Gasteiger partial charge on any atom is 0.248 e. The third kappa shape index (κ3) is 4.32. The lowest BCUT2D eigenvalue weighted by Crippen LogP contribution is -2.39. The first-order valence-corrected chi connectivity index (χ1v) is 7.41. The lowest BCUT2D eigenvalue weighted by Gasteiger charge is -2.27. The van der Waals surface area contributed by atoms with Gasteiger partial charge in [0.25, 0.3) is 0 Å². The van der Waals surface area contributed by atoms with Gasteiger partial charge in [0.15, 0.2) is 0 Å². The van der Waals surface area contributed by atoms with Gasteiger partial charge in [0.05, 0.1) is 5.60 Å². The second-order valence-corrected chi connectivity index (χ2v) is 5.81. The van der Waals surface area contributed by atoms with Crippen LogP contribution < -0.4 is 11.1 Å². The molecule has 1 aromatic carbocycles. The summed E-state index contributed by atoms with van der Waals surface area (Å²) in [4.78, 5) is 11.1. The monoisotopic (exact) mass is 276 g/mol. The van der Waals surface area contributed by atoms with Gasteiger partial charge in [-0.15, -0.1) is 0 Å². The number of nitrogens with one attached hydrogen (secondary N) is 1. The van der Waals surface area contributed by atoms with Crippen LogP contribution in [0.1, 0.15) is 54.4 Å². The third-order valence-corrected chi connectivity index (χ3v) is 4.03. The highest BCUT2D eigenvalue weighted by Gasteiger charge is 2.27. The Morgan fingerprint density at radius 3 is 2.60 bits per heavy atom. The molecule has 0 unspecified atom stereocenters. The van der Waals surface area contributed by atoms with Gasteiger partial charge in [-0.25, -0.2) is 0 Å². The van der Waals surface area contributed by atoms with Crippen molar-refractivity contribution in [2.45, 2.75) is 50.7 Å². The average Bonchev–Trinajstić information content (AvgIpc) is 2.64. The maximum atomic E-state index is 11.1. The summed E-state index contributed by atoms with van der Waals surface area (Å²) in [5, 5.41) is 13.8. The van der Waals surface area contributed by atoms with Gasteiger partial charge in [-0.2, -0.15) is 0 Å². The predicted molar refractivity (Wildman–Crippen MR) is 79.3 cm³/mol. The van der Waals surface area contributed by atoms with Crippen LogP contribution in [0.2, 0.25) is 0 Å². The Morgan fingerprint density at radius 2 is 1.95 bits per heavy atom. The predicted octanol–water partition coefficient (Wildman–Crippen LogP) is 1.96. The molecule has 0 saturated heterocycles. The Morgan fingerprint density at radius 1 is 1.25 bits per heavy atom. The molecule has 4 nitrogen and oxygen atoms in total. The van der Waals surface area contributed by atoms with Crippen LogP contribution in [0, 0.1) is 0 Å². The topological polar surface area (TPSA) is 75.4 Å². The Bertz CT molecular complexity index is 452. The molecule has 110 valence electrons. The number of benzene rings is 1. The van der Waals surface area contributed by atoms with E-state index >= 15 is 0 Å². The fraction of sp³-hybridized carbons (Fsp3) is 0.562. The Labute approximate surface area is 120 Å². The Balaban J connectivity index is 1.85. The van der Waals surface area contributed by atoms with Crippen LogP contribution in [0.25, 0.3) is 0 Å². The molecule has 0 radical (unpaired) electrons. The molecule has 1 fully saturated rings. The van der Waals surface area contributed by atoms with E-state index in [0.29, 0.717) is 18.7 Å². The van der Waals surface area contributed by atoms with Crippen LogP contribution in [0.5, 0.6) is 0 Å². The number of carbonyl (C=O) groups excluding carboxylic acids is 1. The minimum absolute atomic E-state index is 0.408. The molecular weight excluding hydrogens is 252 g/mol. The second kappa shape index (κ2) is 6.86. The average molecular weight is 276 g/mol. The largest absolute Gasteiger partial charge is 0.389 e. The molecule has 20 heavy (non-hydrogen) atoms. The highest BCUT2D eigenvalue weighted by atomic mass is 16.3. The van der Waals surface area contributed by atoms with E-state index in [9.17, 15) is 9.90 Å². The summed E-state index contributed by atoms with van der Waals surface area (Å²) in [6.07, 6.45) is 6.42. The van der Waals surface area contributed by atoms with Crippen molar-refractivity contribution in [3.05, 3.63) is 35.4 Å². The number of amides is 1. The SMILES string of the molecule is NC(=O)c1cccc(CNCC2(O)CCCCCC2)c1. The van der Waals surface area contributed by atoms with Gasteiger partial charge in [0.1, 0.15) is 0 Å². The van der Waals surface area contributed by atoms with Gasteiger partial charge in [0, 0.05) is 18.7 Å². The van der Waals surface area contributed by atoms with E-state index in [-0.39, 0.29) is 0 Å².